The summed E-state index contributed by atoms with van der Waals surface area (Å²) in [6.45, 7) is 0.493. The molecule has 0 saturated heterocycles. The van der Waals surface area contributed by atoms with Crippen LogP contribution in [0.5, 0.6) is 0 Å². The number of nitrogens with zero attached hydrogens (tertiary/aromatic N) is 2. The zero-order chi connectivity index (χ0) is 14.8. The maximum absolute atomic E-state index is 12.0. The van der Waals surface area contributed by atoms with E-state index in [1.165, 1.54) is 11.3 Å². The third kappa shape index (κ3) is 3.20. The fraction of sp³-hybridized carbons (Fsp3) is 0.143. The van der Waals surface area contributed by atoms with Crippen LogP contribution in [0.25, 0.3) is 5.65 Å². The Kier molecular flexibility index (Phi) is 4.14. The molecule has 0 saturated carbocycles. The van der Waals surface area contributed by atoms with Gasteiger partial charge in [-0.05, 0) is 18.2 Å². The molecule has 7 heteroatoms. The summed E-state index contributed by atoms with van der Waals surface area (Å²) in [4.78, 5) is 16.4. The number of carbonyl (C=O) groups excluding carboxylic acids is 1. The number of fused-ring (bicyclic) bond motifs is 1. The number of carbonyl (C=O) groups is 1. The summed E-state index contributed by atoms with van der Waals surface area (Å²) in [5.74, 6) is -0.216. The molecule has 21 heavy (non-hydrogen) atoms. The summed E-state index contributed by atoms with van der Waals surface area (Å²) in [5, 5.41) is 2.82. The van der Waals surface area contributed by atoms with E-state index in [0.29, 0.717) is 27.2 Å². The van der Waals surface area contributed by atoms with E-state index in [0.717, 1.165) is 11.3 Å². The summed E-state index contributed by atoms with van der Waals surface area (Å²) in [6.07, 6.45) is 4.55. The lowest BCUT2D eigenvalue weighted by atomic mass is 10.3. The average Bonchev–Trinajstić information content (AvgIpc) is 3.01. The van der Waals surface area contributed by atoms with Gasteiger partial charge >= 0.3 is 0 Å². The summed E-state index contributed by atoms with van der Waals surface area (Å²) >= 11 is 13.0. The molecule has 0 aromatic carbocycles. The van der Waals surface area contributed by atoms with Crippen LogP contribution in [0.15, 0.2) is 36.7 Å². The molecular weight excluding hydrogens is 329 g/mol. The molecule has 1 N–H and O–H groups in total. The van der Waals surface area contributed by atoms with Gasteiger partial charge in [-0.1, -0.05) is 29.3 Å². The Balaban J connectivity index is 1.60. The van der Waals surface area contributed by atoms with Gasteiger partial charge in [0.05, 0.1) is 15.6 Å². The number of thiophene rings is 1. The van der Waals surface area contributed by atoms with Crippen LogP contribution in [-0.2, 0) is 6.42 Å². The number of hydrogen-bond donors (Lipinski definition) is 1. The number of amides is 1. The molecule has 0 bridgehead atoms. The Morgan fingerprint density at radius 2 is 2.24 bits per heavy atom. The molecule has 0 aliphatic rings. The lowest BCUT2D eigenvalue weighted by Gasteiger charge is -2.02. The molecule has 0 atom stereocenters. The van der Waals surface area contributed by atoms with Crippen LogP contribution >= 0.6 is 34.5 Å². The molecule has 1 amide bonds. The maximum Gasteiger partial charge on any atom is 0.253 e. The maximum atomic E-state index is 12.0. The smallest absolute Gasteiger partial charge is 0.253 e. The van der Waals surface area contributed by atoms with Crippen molar-refractivity contribution in [3.63, 3.8) is 0 Å². The van der Waals surface area contributed by atoms with Gasteiger partial charge in [-0.25, -0.2) is 4.98 Å². The van der Waals surface area contributed by atoms with Gasteiger partial charge in [0.15, 0.2) is 0 Å². The van der Waals surface area contributed by atoms with E-state index in [9.17, 15) is 4.79 Å². The second-order valence-electron chi connectivity index (χ2n) is 4.44. The fourth-order valence-corrected chi connectivity index (χ4v) is 3.46. The highest BCUT2D eigenvalue weighted by Crippen LogP contribution is 2.30. The van der Waals surface area contributed by atoms with Crippen LogP contribution in [-0.4, -0.2) is 21.8 Å². The average molecular weight is 340 g/mol. The number of aromatic nitrogens is 2. The summed E-state index contributed by atoms with van der Waals surface area (Å²) in [6, 6.07) is 7.41. The van der Waals surface area contributed by atoms with Crippen molar-refractivity contribution in [2.24, 2.45) is 0 Å². The monoisotopic (exact) mass is 339 g/mol. The molecule has 3 aromatic rings. The van der Waals surface area contributed by atoms with Gasteiger partial charge in [0.2, 0.25) is 0 Å². The Labute approximate surface area is 135 Å². The zero-order valence-electron chi connectivity index (χ0n) is 10.8. The topological polar surface area (TPSA) is 46.4 Å². The van der Waals surface area contributed by atoms with Gasteiger partial charge in [-0.2, -0.15) is 0 Å². The van der Waals surface area contributed by atoms with E-state index in [2.05, 4.69) is 10.3 Å². The van der Waals surface area contributed by atoms with Crippen LogP contribution in [0, 0.1) is 0 Å². The first-order chi connectivity index (χ1) is 10.1. The second-order valence-corrected chi connectivity index (χ2v) is 6.73. The van der Waals surface area contributed by atoms with Crippen molar-refractivity contribution >= 4 is 46.1 Å². The van der Waals surface area contributed by atoms with E-state index < -0.39 is 0 Å². The Morgan fingerprint density at radius 1 is 1.38 bits per heavy atom. The highest BCUT2D eigenvalue weighted by atomic mass is 35.5. The molecule has 3 aromatic heterocycles. The Bertz CT molecular complexity index is 763. The summed E-state index contributed by atoms with van der Waals surface area (Å²) in [7, 11) is 0. The second kappa shape index (κ2) is 6.05. The predicted molar refractivity (Wildman–Crippen MR) is 85.6 cm³/mol. The molecule has 108 valence electrons. The SMILES string of the molecule is O=C(NCCc1cn2ccccc2n1)c1cc(Cl)sc1Cl. The van der Waals surface area contributed by atoms with Crippen molar-refractivity contribution in [1.82, 2.24) is 14.7 Å². The molecule has 0 aliphatic heterocycles. The van der Waals surface area contributed by atoms with Crippen LogP contribution in [0.3, 0.4) is 0 Å². The fourth-order valence-electron chi connectivity index (χ4n) is 2.00. The molecule has 0 aliphatic carbocycles. The number of rotatable bonds is 4. The minimum Gasteiger partial charge on any atom is -0.352 e. The van der Waals surface area contributed by atoms with Gasteiger partial charge in [0.25, 0.3) is 5.91 Å². The van der Waals surface area contributed by atoms with Gasteiger partial charge in [-0.3, -0.25) is 4.79 Å². The Hall–Kier alpha value is -1.56. The quantitative estimate of drug-likeness (QED) is 0.788. The van der Waals surface area contributed by atoms with Crippen molar-refractivity contribution < 1.29 is 4.79 Å². The van der Waals surface area contributed by atoms with Crippen molar-refractivity contribution in [3.8, 4) is 0 Å². The van der Waals surface area contributed by atoms with Gasteiger partial charge in [0, 0.05) is 25.4 Å². The minimum absolute atomic E-state index is 0.216. The molecule has 4 nitrogen and oxygen atoms in total. The number of halogens is 2. The summed E-state index contributed by atoms with van der Waals surface area (Å²) in [5.41, 5.74) is 2.24. The first-order valence-corrected chi connectivity index (χ1v) is 7.86. The van der Waals surface area contributed by atoms with Crippen molar-refractivity contribution in [1.29, 1.82) is 0 Å². The van der Waals surface area contributed by atoms with Gasteiger partial charge < -0.3 is 9.72 Å². The van der Waals surface area contributed by atoms with E-state index in [4.69, 9.17) is 23.2 Å². The first kappa shape index (κ1) is 14.4. The van der Waals surface area contributed by atoms with Gasteiger partial charge in [-0.15, -0.1) is 11.3 Å². The molecular formula is C14H11Cl2N3OS. The lowest BCUT2D eigenvalue weighted by molar-refractivity contribution is 0.0954. The zero-order valence-corrected chi connectivity index (χ0v) is 13.2. The summed E-state index contributed by atoms with van der Waals surface area (Å²) < 4.78 is 2.86. The third-order valence-electron chi connectivity index (χ3n) is 2.98. The molecule has 0 radical (unpaired) electrons. The van der Waals surface area contributed by atoms with E-state index in [1.54, 1.807) is 6.07 Å². The van der Waals surface area contributed by atoms with E-state index in [1.807, 2.05) is 35.0 Å². The van der Waals surface area contributed by atoms with Crippen molar-refractivity contribution in [2.75, 3.05) is 6.54 Å². The minimum atomic E-state index is -0.216. The number of pyridine rings is 1. The van der Waals surface area contributed by atoms with Crippen LogP contribution < -0.4 is 5.32 Å². The van der Waals surface area contributed by atoms with E-state index in [-0.39, 0.29) is 5.91 Å². The number of nitrogens with one attached hydrogen (secondary N) is 1. The number of imidazole rings is 1. The van der Waals surface area contributed by atoms with Crippen molar-refractivity contribution in [3.05, 3.63) is 56.6 Å². The predicted octanol–water partition coefficient (Wildman–Crippen LogP) is 3.68. The highest BCUT2D eigenvalue weighted by Gasteiger charge is 2.13. The van der Waals surface area contributed by atoms with E-state index >= 15 is 0 Å². The van der Waals surface area contributed by atoms with Crippen LogP contribution in [0.1, 0.15) is 16.1 Å². The normalized spacial score (nSPS) is 11.0. The molecule has 0 fully saturated rings. The standard InChI is InChI=1S/C14H11Cl2N3OS/c15-11-7-10(13(16)21-11)14(20)17-5-4-9-8-19-6-2-1-3-12(19)18-9/h1-3,6-8H,4-5H2,(H,17,20). The molecule has 3 rings (SSSR count). The van der Waals surface area contributed by atoms with Crippen LogP contribution in [0.4, 0.5) is 0 Å². The molecule has 0 unspecified atom stereocenters. The molecule has 0 spiro atoms. The number of hydrogen-bond acceptors (Lipinski definition) is 3. The molecule has 3 heterocycles. The largest absolute Gasteiger partial charge is 0.352 e. The van der Waals surface area contributed by atoms with Crippen LogP contribution in [0.2, 0.25) is 8.67 Å². The first-order valence-electron chi connectivity index (χ1n) is 6.29. The Morgan fingerprint density at radius 3 is 2.95 bits per heavy atom. The van der Waals surface area contributed by atoms with Crippen molar-refractivity contribution in [2.45, 2.75) is 6.42 Å². The third-order valence-corrected chi connectivity index (χ3v) is 4.47. The van der Waals surface area contributed by atoms with Gasteiger partial charge in [0.1, 0.15) is 9.98 Å². The lowest BCUT2D eigenvalue weighted by Crippen LogP contribution is -2.25. The highest BCUT2D eigenvalue weighted by molar-refractivity contribution is 7.20.